The standard InChI is InChI=1S/C15H24N4/c1-9(2)11(4)17-12(5)14-8-16-15-7-10(3)18-19(15)13(14)6/h7-9,11-12,17H,1-6H3. The monoisotopic (exact) mass is 260 g/mol. The molecule has 0 aromatic carbocycles. The van der Waals surface area contributed by atoms with Crippen molar-refractivity contribution in [2.75, 3.05) is 0 Å². The van der Waals surface area contributed by atoms with Crippen LogP contribution in [0.2, 0.25) is 0 Å². The van der Waals surface area contributed by atoms with Crippen molar-refractivity contribution in [1.82, 2.24) is 19.9 Å². The zero-order valence-electron chi connectivity index (χ0n) is 12.7. The molecule has 0 aliphatic carbocycles. The van der Waals surface area contributed by atoms with Crippen LogP contribution in [0.1, 0.15) is 50.7 Å². The highest BCUT2D eigenvalue weighted by atomic mass is 15.3. The molecule has 0 spiro atoms. The number of nitrogens with one attached hydrogen (secondary N) is 1. The molecular weight excluding hydrogens is 236 g/mol. The van der Waals surface area contributed by atoms with Gasteiger partial charge in [0.1, 0.15) is 0 Å². The third kappa shape index (κ3) is 2.78. The number of hydrogen-bond acceptors (Lipinski definition) is 3. The van der Waals surface area contributed by atoms with Crippen LogP contribution >= 0.6 is 0 Å². The Hall–Kier alpha value is -1.42. The average Bonchev–Trinajstić information content (AvgIpc) is 2.70. The maximum Gasteiger partial charge on any atom is 0.155 e. The Morgan fingerprint density at radius 3 is 2.47 bits per heavy atom. The van der Waals surface area contributed by atoms with Gasteiger partial charge in [-0.05, 0) is 33.6 Å². The van der Waals surface area contributed by atoms with E-state index in [1.807, 2.05) is 23.7 Å². The molecule has 2 aromatic heterocycles. The van der Waals surface area contributed by atoms with Crippen molar-refractivity contribution in [3.63, 3.8) is 0 Å². The molecule has 2 atom stereocenters. The molecule has 104 valence electrons. The summed E-state index contributed by atoms with van der Waals surface area (Å²) in [5.74, 6) is 0.617. The molecule has 2 aromatic rings. The van der Waals surface area contributed by atoms with Crippen molar-refractivity contribution in [2.45, 2.75) is 53.6 Å². The first kappa shape index (κ1) is 14.0. The summed E-state index contributed by atoms with van der Waals surface area (Å²) < 4.78 is 1.93. The van der Waals surface area contributed by atoms with Crippen LogP contribution in [-0.4, -0.2) is 20.6 Å². The summed E-state index contributed by atoms with van der Waals surface area (Å²) in [6, 6.07) is 2.76. The molecule has 0 aliphatic rings. The van der Waals surface area contributed by atoms with Crippen LogP contribution in [0.3, 0.4) is 0 Å². The SMILES string of the molecule is Cc1cc2ncc(C(C)NC(C)C(C)C)c(C)n2n1. The predicted octanol–water partition coefficient (Wildman–Crippen LogP) is 3.04. The van der Waals surface area contributed by atoms with E-state index in [0.717, 1.165) is 17.0 Å². The fourth-order valence-electron chi connectivity index (χ4n) is 2.28. The number of hydrogen-bond donors (Lipinski definition) is 1. The van der Waals surface area contributed by atoms with E-state index in [4.69, 9.17) is 0 Å². The highest BCUT2D eigenvalue weighted by Gasteiger charge is 2.16. The summed E-state index contributed by atoms with van der Waals surface area (Å²) >= 11 is 0. The summed E-state index contributed by atoms with van der Waals surface area (Å²) in [4.78, 5) is 4.50. The van der Waals surface area contributed by atoms with Crippen molar-refractivity contribution in [3.8, 4) is 0 Å². The van der Waals surface area contributed by atoms with Gasteiger partial charge >= 0.3 is 0 Å². The lowest BCUT2D eigenvalue weighted by Crippen LogP contribution is -2.33. The minimum atomic E-state index is 0.277. The topological polar surface area (TPSA) is 42.2 Å². The zero-order valence-corrected chi connectivity index (χ0v) is 12.7. The Bertz CT molecular complexity index is 571. The van der Waals surface area contributed by atoms with Crippen LogP contribution in [0.5, 0.6) is 0 Å². The van der Waals surface area contributed by atoms with E-state index < -0.39 is 0 Å². The lowest BCUT2D eigenvalue weighted by molar-refractivity contribution is 0.387. The highest BCUT2D eigenvalue weighted by molar-refractivity contribution is 5.42. The fraction of sp³-hybridized carbons (Fsp3) is 0.600. The summed E-state index contributed by atoms with van der Waals surface area (Å²) in [5.41, 5.74) is 4.30. The van der Waals surface area contributed by atoms with Gasteiger partial charge in [0.25, 0.3) is 0 Å². The van der Waals surface area contributed by atoms with Gasteiger partial charge in [0, 0.05) is 35.6 Å². The van der Waals surface area contributed by atoms with Gasteiger partial charge in [-0.25, -0.2) is 9.50 Å². The van der Waals surface area contributed by atoms with Crippen LogP contribution in [0.25, 0.3) is 5.65 Å². The Balaban J connectivity index is 2.31. The van der Waals surface area contributed by atoms with Gasteiger partial charge < -0.3 is 5.32 Å². The van der Waals surface area contributed by atoms with Gasteiger partial charge in [-0.15, -0.1) is 0 Å². The first-order chi connectivity index (χ1) is 8.90. The van der Waals surface area contributed by atoms with Crippen LogP contribution in [0, 0.1) is 19.8 Å². The van der Waals surface area contributed by atoms with Gasteiger partial charge in [-0.1, -0.05) is 13.8 Å². The normalized spacial score (nSPS) is 15.1. The van der Waals surface area contributed by atoms with E-state index in [-0.39, 0.29) is 6.04 Å². The number of fused-ring (bicyclic) bond motifs is 1. The molecule has 0 bridgehead atoms. The molecule has 0 amide bonds. The van der Waals surface area contributed by atoms with Crippen LogP contribution in [-0.2, 0) is 0 Å². The van der Waals surface area contributed by atoms with Crippen LogP contribution in [0.4, 0.5) is 0 Å². The fourth-order valence-corrected chi connectivity index (χ4v) is 2.28. The molecule has 2 rings (SSSR count). The van der Waals surface area contributed by atoms with Crippen LogP contribution < -0.4 is 5.32 Å². The summed E-state index contributed by atoms with van der Waals surface area (Å²) in [5, 5.41) is 8.12. The quantitative estimate of drug-likeness (QED) is 0.918. The lowest BCUT2D eigenvalue weighted by atomic mass is 10.0. The minimum Gasteiger partial charge on any atom is -0.307 e. The second kappa shape index (κ2) is 5.29. The molecule has 0 radical (unpaired) electrons. The average molecular weight is 260 g/mol. The maximum absolute atomic E-state index is 4.50. The molecule has 4 nitrogen and oxygen atoms in total. The summed E-state index contributed by atoms with van der Waals surface area (Å²) in [6.45, 7) is 13.0. The summed E-state index contributed by atoms with van der Waals surface area (Å²) in [6.07, 6.45) is 1.97. The van der Waals surface area contributed by atoms with Crippen LogP contribution in [0.15, 0.2) is 12.3 Å². The van der Waals surface area contributed by atoms with Crippen molar-refractivity contribution in [1.29, 1.82) is 0 Å². The van der Waals surface area contributed by atoms with E-state index in [1.165, 1.54) is 5.56 Å². The van der Waals surface area contributed by atoms with Gasteiger partial charge in [0.15, 0.2) is 5.65 Å². The molecule has 0 aliphatic heterocycles. The first-order valence-electron chi connectivity index (χ1n) is 6.98. The number of aryl methyl sites for hydroxylation is 2. The second-order valence-corrected chi connectivity index (χ2v) is 5.78. The predicted molar refractivity (Wildman–Crippen MR) is 78.3 cm³/mol. The Kier molecular flexibility index (Phi) is 3.90. The second-order valence-electron chi connectivity index (χ2n) is 5.78. The van der Waals surface area contributed by atoms with Crippen molar-refractivity contribution in [2.24, 2.45) is 5.92 Å². The molecular formula is C15H24N4. The largest absolute Gasteiger partial charge is 0.307 e. The molecule has 0 fully saturated rings. The molecule has 4 heteroatoms. The Morgan fingerprint density at radius 2 is 1.84 bits per heavy atom. The van der Waals surface area contributed by atoms with Gasteiger partial charge in [0.05, 0.1) is 5.69 Å². The Labute approximate surface area is 115 Å². The van der Waals surface area contributed by atoms with E-state index in [1.54, 1.807) is 0 Å². The number of rotatable bonds is 4. The first-order valence-corrected chi connectivity index (χ1v) is 6.98. The third-order valence-electron chi connectivity index (χ3n) is 3.86. The summed E-state index contributed by atoms with van der Waals surface area (Å²) in [7, 11) is 0. The molecule has 0 saturated carbocycles. The van der Waals surface area contributed by atoms with E-state index in [2.05, 4.69) is 50.0 Å². The molecule has 1 N–H and O–H groups in total. The smallest absolute Gasteiger partial charge is 0.155 e. The van der Waals surface area contributed by atoms with E-state index >= 15 is 0 Å². The zero-order chi connectivity index (χ0) is 14.2. The molecule has 2 heterocycles. The van der Waals surface area contributed by atoms with Gasteiger partial charge in [0.2, 0.25) is 0 Å². The van der Waals surface area contributed by atoms with E-state index in [9.17, 15) is 0 Å². The third-order valence-corrected chi connectivity index (χ3v) is 3.86. The van der Waals surface area contributed by atoms with E-state index in [0.29, 0.717) is 12.0 Å². The van der Waals surface area contributed by atoms with Gasteiger partial charge in [-0.3, -0.25) is 0 Å². The lowest BCUT2D eigenvalue weighted by Gasteiger charge is -2.24. The van der Waals surface area contributed by atoms with Crippen molar-refractivity contribution >= 4 is 5.65 Å². The molecule has 2 unspecified atom stereocenters. The van der Waals surface area contributed by atoms with Gasteiger partial charge in [-0.2, -0.15) is 5.10 Å². The number of aromatic nitrogens is 3. The number of nitrogens with zero attached hydrogens (tertiary/aromatic N) is 3. The van der Waals surface area contributed by atoms with Crippen molar-refractivity contribution in [3.05, 3.63) is 29.2 Å². The minimum absolute atomic E-state index is 0.277. The molecule has 19 heavy (non-hydrogen) atoms. The molecule has 0 saturated heterocycles. The van der Waals surface area contributed by atoms with Crippen molar-refractivity contribution < 1.29 is 0 Å². The highest BCUT2D eigenvalue weighted by Crippen LogP contribution is 2.19. The Morgan fingerprint density at radius 1 is 1.16 bits per heavy atom. The maximum atomic E-state index is 4.50.